The molecule has 0 saturated carbocycles. The molecule has 0 aromatic carbocycles. The summed E-state index contributed by atoms with van der Waals surface area (Å²) in [6.45, 7) is 14.4. The average Bonchev–Trinajstić information content (AvgIpc) is 2.83. The molecule has 1 aromatic rings. The zero-order chi connectivity index (χ0) is 15.3. The molecule has 0 bridgehead atoms. The van der Waals surface area contributed by atoms with Gasteiger partial charge in [0.2, 0.25) is 0 Å². The highest BCUT2D eigenvalue weighted by molar-refractivity contribution is 7.99. The third-order valence-corrected chi connectivity index (χ3v) is 5.60. The number of hydrogen-bond donors (Lipinski definition) is 0. The number of amides is 1. The van der Waals surface area contributed by atoms with Gasteiger partial charge < -0.3 is 4.90 Å². The molecule has 4 heteroatoms. The Kier molecular flexibility index (Phi) is 6.59. The van der Waals surface area contributed by atoms with Crippen molar-refractivity contribution in [3.05, 3.63) is 21.4 Å². The number of carbonyl (C=O) groups excluding carboxylic acids is 1. The van der Waals surface area contributed by atoms with E-state index in [-0.39, 0.29) is 11.3 Å². The van der Waals surface area contributed by atoms with Crippen LogP contribution in [0.15, 0.2) is 6.07 Å². The van der Waals surface area contributed by atoms with Crippen LogP contribution < -0.4 is 0 Å². The quantitative estimate of drug-likeness (QED) is 0.757. The van der Waals surface area contributed by atoms with Gasteiger partial charge in [-0.3, -0.25) is 4.79 Å². The normalized spacial score (nSPS) is 15.6. The van der Waals surface area contributed by atoms with Crippen LogP contribution >= 0.6 is 23.1 Å². The van der Waals surface area contributed by atoms with E-state index in [9.17, 15) is 4.79 Å². The zero-order valence-corrected chi connectivity index (χ0v) is 15.2. The highest BCUT2D eigenvalue weighted by Gasteiger charge is 2.24. The second kappa shape index (κ2) is 7.51. The number of aryl methyl sites for hydroxylation is 1. The maximum atomic E-state index is 12.5. The van der Waals surface area contributed by atoms with Crippen LogP contribution in [0, 0.1) is 6.92 Å². The van der Waals surface area contributed by atoms with E-state index in [1.807, 2.05) is 30.5 Å². The van der Waals surface area contributed by atoms with Gasteiger partial charge in [0.15, 0.2) is 0 Å². The van der Waals surface area contributed by atoms with Crippen LogP contribution in [0.5, 0.6) is 0 Å². The Balaban J connectivity index is 0.000000956. The van der Waals surface area contributed by atoms with Crippen LogP contribution in [0.4, 0.5) is 0 Å². The van der Waals surface area contributed by atoms with Crippen molar-refractivity contribution < 1.29 is 4.79 Å². The van der Waals surface area contributed by atoms with Crippen LogP contribution in [0.3, 0.4) is 0 Å². The standard InChI is InChI=1S/C14H21NOS2.C2H6/c1-10-11(9-12(18-10)14(2,3)4)13(16)15-5-7-17-8-6-15;1-2/h9H,5-8H2,1-4H3;1-2H3. The van der Waals surface area contributed by atoms with Crippen molar-refractivity contribution in [1.82, 2.24) is 4.90 Å². The summed E-state index contributed by atoms with van der Waals surface area (Å²) in [5.41, 5.74) is 1.04. The molecule has 0 unspecified atom stereocenters. The number of thiophene rings is 1. The van der Waals surface area contributed by atoms with Gasteiger partial charge in [0, 0.05) is 34.3 Å². The molecule has 2 rings (SSSR count). The van der Waals surface area contributed by atoms with Crippen molar-refractivity contribution in [2.24, 2.45) is 0 Å². The summed E-state index contributed by atoms with van der Waals surface area (Å²) < 4.78 is 0. The molecule has 1 fully saturated rings. The summed E-state index contributed by atoms with van der Waals surface area (Å²) in [4.78, 5) is 16.9. The minimum atomic E-state index is 0.131. The Morgan fingerprint density at radius 1 is 1.20 bits per heavy atom. The molecule has 1 saturated heterocycles. The summed E-state index contributed by atoms with van der Waals surface area (Å²) in [5, 5.41) is 0. The van der Waals surface area contributed by atoms with Gasteiger partial charge in [-0.15, -0.1) is 11.3 Å². The molecule has 1 aliphatic heterocycles. The summed E-state index contributed by atoms with van der Waals surface area (Å²) in [6.07, 6.45) is 0. The van der Waals surface area contributed by atoms with Gasteiger partial charge in [-0.25, -0.2) is 0 Å². The Hall–Kier alpha value is -0.480. The maximum absolute atomic E-state index is 12.5. The molecule has 0 atom stereocenters. The second-order valence-electron chi connectivity index (χ2n) is 5.74. The van der Waals surface area contributed by atoms with Crippen molar-refractivity contribution in [1.29, 1.82) is 0 Å². The molecular formula is C16H27NOS2. The van der Waals surface area contributed by atoms with Gasteiger partial charge >= 0.3 is 0 Å². The van der Waals surface area contributed by atoms with Crippen LogP contribution in [-0.4, -0.2) is 35.4 Å². The molecule has 1 aromatic heterocycles. The minimum Gasteiger partial charge on any atom is -0.337 e. The van der Waals surface area contributed by atoms with Crippen LogP contribution in [0.25, 0.3) is 0 Å². The lowest BCUT2D eigenvalue weighted by Crippen LogP contribution is -2.38. The molecule has 2 nitrogen and oxygen atoms in total. The number of hydrogen-bond acceptors (Lipinski definition) is 3. The zero-order valence-electron chi connectivity index (χ0n) is 13.6. The largest absolute Gasteiger partial charge is 0.337 e. The predicted octanol–water partition coefficient (Wildman–Crippen LogP) is 4.57. The fourth-order valence-corrected chi connectivity index (χ4v) is 3.97. The Labute approximate surface area is 131 Å². The van der Waals surface area contributed by atoms with Gasteiger partial charge in [0.05, 0.1) is 5.56 Å². The topological polar surface area (TPSA) is 20.3 Å². The lowest BCUT2D eigenvalue weighted by Gasteiger charge is -2.26. The van der Waals surface area contributed by atoms with Crippen molar-refractivity contribution in [3.8, 4) is 0 Å². The first-order valence-corrected chi connectivity index (χ1v) is 9.34. The van der Waals surface area contributed by atoms with E-state index in [0.29, 0.717) is 0 Å². The smallest absolute Gasteiger partial charge is 0.255 e. The molecule has 0 spiro atoms. The lowest BCUT2D eigenvalue weighted by atomic mass is 9.94. The van der Waals surface area contributed by atoms with Crippen molar-refractivity contribution in [3.63, 3.8) is 0 Å². The number of nitrogens with zero attached hydrogens (tertiary/aromatic N) is 1. The second-order valence-corrected chi connectivity index (χ2v) is 8.22. The fourth-order valence-electron chi connectivity index (χ4n) is 2.00. The van der Waals surface area contributed by atoms with E-state index in [2.05, 4.69) is 33.8 Å². The lowest BCUT2D eigenvalue weighted by molar-refractivity contribution is 0.0772. The first kappa shape index (κ1) is 17.6. The van der Waals surface area contributed by atoms with E-state index in [4.69, 9.17) is 0 Å². The molecule has 1 aliphatic rings. The van der Waals surface area contributed by atoms with Crippen LogP contribution in [-0.2, 0) is 5.41 Å². The molecule has 0 aliphatic carbocycles. The van der Waals surface area contributed by atoms with Crippen molar-refractivity contribution in [2.75, 3.05) is 24.6 Å². The average molecular weight is 314 g/mol. The number of thioether (sulfide) groups is 1. The predicted molar refractivity (Wildman–Crippen MR) is 92.3 cm³/mol. The van der Waals surface area contributed by atoms with Crippen molar-refractivity contribution in [2.45, 2.75) is 47.0 Å². The summed E-state index contributed by atoms with van der Waals surface area (Å²) in [6, 6.07) is 2.10. The Morgan fingerprint density at radius 3 is 2.20 bits per heavy atom. The van der Waals surface area contributed by atoms with E-state index in [0.717, 1.165) is 35.0 Å². The summed E-state index contributed by atoms with van der Waals surface area (Å²) in [7, 11) is 0. The maximum Gasteiger partial charge on any atom is 0.255 e. The number of rotatable bonds is 1. The van der Waals surface area contributed by atoms with Gasteiger partial charge in [0.25, 0.3) is 5.91 Å². The first-order chi connectivity index (χ1) is 9.39. The van der Waals surface area contributed by atoms with Gasteiger partial charge in [-0.05, 0) is 18.4 Å². The van der Waals surface area contributed by atoms with Crippen LogP contribution in [0.1, 0.15) is 54.7 Å². The summed E-state index contributed by atoms with van der Waals surface area (Å²) in [5.74, 6) is 2.36. The van der Waals surface area contributed by atoms with E-state index in [1.54, 1.807) is 11.3 Å². The SMILES string of the molecule is CC.Cc1sc(C(C)(C)C)cc1C(=O)N1CCSCC1. The first-order valence-electron chi connectivity index (χ1n) is 7.37. The van der Waals surface area contributed by atoms with Gasteiger partial charge in [-0.1, -0.05) is 34.6 Å². The molecule has 20 heavy (non-hydrogen) atoms. The minimum absolute atomic E-state index is 0.131. The molecule has 0 radical (unpaired) electrons. The molecule has 114 valence electrons. The molecule has 1 amide bonds. The highest BCUT2D eigenvalue weighted by atomic mass is 32.2. The van der Waals surface area contributed by atoms with E-state index >= 15 is 0 Å². The third-order valence-electron chi connectivity index (χ3n) is 3.19. The Morgan fingerprint density at radius 2 is 1.75 bits per heavy atom. The molecule has 0 N–H and O–H groups in total. The third kappa shape index (κ3) is 4.26. The van der Waals surface area contributed by atoms with Gasteiger partial charge in [-0.2, -0.15) is 11.8 Å². The monoisotopic (exact) mass is 313 g/mol. The van der Waals surface area contributed by atoms with Crippen molar-refractivity contribution >= 4 is 29.0 Å². The van der Waals surface area contributed by atoms with E-state index < -0.39 is 0 Å². The summed E-state index contributed by atoms with van der Waals surface area (Å²) >= 11 is 3.69. The number of carbonyl (C=O) groups is 1. The molecule has 2 heterocycles. The van der Waals surface area contributed by atoms with Gasteiger partial charge in [0.1, 0.15) is 0 Å². The highest BCUT2D eigenvalue weighted by Crippen LogP contribution is 2.32. The Bertz CT molecular complexity index is 440. The van der Waals surface area contributed by atoms with E-state index in [1.165, 1.54) is 4.88 Å². The fraction of sp³-hybridized carbons (Fsp3) is 0.688. The van der Waals surface area contributed by atoms with Crippen LogP contribution in [0.2, 0.25) is 0 Å². The molecular weight excluding hydrogens is 286 g/mol.